The summed E-state index contributed by atoms with van der Waals surface area (Å²) < 4.78 is 10.3. The lowest BCUT2D eigenvalue weighted by Gasteiger charge is -2.17. The number of hydrogen-bond acceptors (Lipinski definition) is 4. The van der Waals surface area contributed by atoms with Crippen molar-refractivity contribution in [3.63, 3.8) is 0 Å². The molecule has 7 heteroatoms. The Labute approximate surface area is 144 Å². The van der Waals surface area contributed by atoms with E-state index in [1.807, 2.05) is 18.8 Å². The van der Waals surface area contributed by atoms with E-state index in [-0.39, 0.29) is 24.0 Å². The van der Waals surface area contributed by atoms with Gasteiger partial charge in [0, 0.05) is 32.0 Å². The van der Waals surface area contributed by atoms with Crippen LogP contribution in [0.2, 0.25) is 0 Å². The number of nitrogens with one attached hydrogen (secondary N) is 2. The standard InChI is InChI=1S/C13H27N3O2S.HI/c1-14-13(15-6-7-18-9-8-17-2)16-11-4-5-12(10-11)19-3;/h11-12H,4-10H2,1-3H3,(H2,14,15,16);1H. The van der Waals surface area contributed by atoms with E-state index in [9.17, 15) is 0 Å². The van der Waals surface area contributed by atoms with Gasteiger partial charge in [-0.05, 0) is 25.5 Å². The second kappa shape index (κ2) is 13.0. The second-order valence-electron chi connectivity index (χ2n) is 4.62. The Morgan fingerprint density at radius 2 is 2.10 bits per heavy atom. The monoisotopic (exact) mass is 417 g/mol. The quantitative estimate of drug-likeness (QED) is 0.273. The Bertz CT molecular complexity index is 270. The van der Waals surface area contributed by atoms with Gasteiger partial charge in [-0.1, -0.05) is 0 Å². The molecule has 0 amide bonds. The number of thioether (sulfide) groups is 1. The molecule has 0 aliphatic heterocycles. The Morgan fingerprint density at radius 1 is 1.30 bits per heavy atom. The molecule has 1 aliphatic carbocycles. The van der Waals surface area contributed by atoms with Crippen molar-refractivity contribution in [2.24, 2.45) is 4.99 Å². The van der Waals surface area contributed by atoms with E-state index in [2.05, 4.69) is 21.9 Å². The molecular weight excluding hydrogens is 389 g/mol. The molecule has 1 rings (SSSR count). The van der Waals surface area contributed by atoms with Crippen molar-refractivity contribution in [3.05, 3.63) is 0 Å². The highest BCUT2D eigenvalue weighted by Gasteiger charge is 2.24. The van der Waals surface area contributed by atoms with E-state index in [0.29, 0.717) is 25.9 Å². The van der Waals surface area contributed by atoms with Crippen LogP contribution >= 0.6 is 35.7 Å². The van der Waals surface area contributed by atoms with Crippen LogP contribution in [0.3, 0.4) is 0 Å². The summed E-state index contributed by atoms with van der Waals surface area (Å²) in [5, 5.41) is 7.55. The van der Waals surface area contributed by atoms with Gasteiger partial charge in [-0.25, -0.2) is 0 Å². The zero-order chi connectivity index (χ0) is 13.9. The van der Waals surface area contributed by atoms with Crippen molar-refractivity contribution in [1.29, 1.82) is 0 Å². The van der Waals surface area contributed by atoms with Crippen LogP contribution < -0.4 is 10.6 Å². The van der Waals surface area contributed by atoms with Gasteiger partial charge in [-0.15, -0.1) is 24.0 Å². The molecule has 0 aromatic rings. The Kier molecular flexibility index (Phi) is 13.1. The number of aliphatic imine (C=N–C) groups is 1. The Balaban J connectivity index is 0.00000361. The summed E-state index contributed by atoms with van der Waals surface area (Å²) in [6.45, 7) is 2.72. The molecule has 0 spiro atoms. The maximum Gasteiger partial charge on any atom is 0.191 e. The minimum absolute atomic E-state index is 0. The predicted molar refractivity (Wildman–Crippen MR) is 97.5 cm³/mol. The van der Waals surface area contributed by atoms with Crippen LogP contribution in [-0.4, -0.2) is 64.0 Å². The van der Waals surface area contributed by atoms with Gasteiger partial charge in [0.05, 0.1) is 19.8 Å². The lowest BCUT2D eigenvalue weighted by atomic mass is 10.2. The highest BCUT2D eigenvalue weighted by atomic mass is 127. The van der Waals surface area contributed by atoms with Crippen molar-refractivity contribution >= 4 is 41.7 Å². The maximum absolute atomic E-state index is 5.40. The molecule has 0 heterocycles. The number of methoxy groups -OCH3 is 1. The van der Waals surface area contributed by atoms with Crippen LogP contribution in [0, 0.1) is 0 Å². The number of rotatable bonds is 8. The van der Waals surface area contributed by atoms with Crippen molar-refractivity contribution in [3.8, 4) is 0 Å². The second-order valence-corrected chi connectivity index (χ2v) is 5.75. The number of hydrogen-bond donors (Lipinski definition) is 2. The Morgan fingerprint density at radius 3 is 2.70 bits per heavy atom. The summed E-state index contributed by atoms with van der Waals surface area (Å²) in [6, 6.07) is 0.554. The summed E-state index contributed by atoms with van der Waals surface area (Å²) in [5.41, 5.74) is 0. The third kappa shape index (κ3) is 8.53. The van der Waals surface area contributed by atoms with Gasteiger partial charge in [-0.3, -0.25) is 4.99 Å². The van der Waals surface area contributed by atoms with Gasteiger partial charge in [0.1, 0.15) is 0 Å². The SMILES string of the molecule is CN=C(NCCOCCOC)NC1CCC(SC)C1.I. The molecule has 20 heavy (non-hydrogen) atoms. The molecule has 120 valence electrons. The van der Waals surface area contributed by atoms with Crippen molar-refractivity contribution in [2.75, 3.05) is 46.8 Å². The van der Waals surface area contributed by atoms with Crippen LogP contribution in [0.25, 0.3) is 0 Å². The highest BCUT2D eigenvalue weighted by Crippen LogP contribution is 2.27. The van der Waals surface area contributed by atoms with Crippen LogP contribution in [-0.2, 0) is 9.47 Å². The van der Waals surface area contributed by atoms with E-state index >= 15 is 0 Å². The van der Waals surface area contributed by atoms with E-state index in [4.69, 9.17) is 9.47 Å². The van der Waals surface area contributed by atoms with E-state index in [1.54, 1.807) is 7.11 Å². The molecule has 5 nitrogen and oxygen atoms in total. The first-order valence-corrected chi connectivity index (χ1v) is 8.15. The molecular formula is C13H28IN3O2S. The normalized spacial score (nSPS) is 22.4. The van der Waals surface area contributed by atoms with E-state index in [1.165, 1.54) is 19.3 Å². The molecule has 0 aromatic carbocycles. The van der Waals surface area contributed by atoms with Gasteiger partial charge >= 0.3 is 0 Å². The number of ether oxygens (including phenoxy) is 2. The molecule has 1 fully saturated rings. The molecule has 0 saturated heterocycles. The van der Waals surface area contributed by atoms with Crippen molar-refractivity contribution in [2.45, 2.75) is 30.6 Å². The molecule has 2 atom stereocenters. The summed E-state index contributed by atoms with van der Waals surface area (Å²) in [4.78, 5) is 4.24. The predicted octanol–water partition coefficient (Wildman–Crippen LogP) is 1.72. The smallest absolute Gasteiger partial charge is 0.191 e. The molecule has 0 radical (unpaired) electrons. The van der Waals surface area contributed by atoms with Crippen LogP contribution in [0.5, 0.6) is 0 Å². The maximum atomic E-state index is 5.40. The Hall–Kier alpha value is 0.270. The van der Waals surface area contributed by atoms with Crippen molar-refractivity contribution < 1.29 is 9.47 Å². The third-order valence-electron chi connectivity index (χ3n) is 3.25. The van der Waals surface area contributed by atoms with Gasteiger partial charge in [0.2, 0.25) is 0 Å². The number of guanidine groups is 1. The molecule has 1 aliphatic rings. The molecule has 1 saturated carbocycles. The van der Waals surface area contributed by atoms with Crippen LogP contribution in [0.1, 0.15) is 19.3 Å². The highest BCUT2D eigenvalue weighted by molar-refractivity contribution is 14.0. The summed E-state index contributed by atoms with van der Waals surface area (Å²) in [6.07, 6.45) is 5.95. The summed E-state index contributed by atoms with van der Waals surface area (Å²) in [7, 11) is 3.49. The molecule has 0 bridgehead atoms. The molecule has 0 aromatic heterocycles. The van der Waals surface area contributed by atoms with Gasteiger partial charge < -0.3 is 20.1 Å². The van der Waals surface area contributed by atoms with Crippen LogP contribution in [0.4, 0.5) is 0 Å². The zero-order valence-electron chi connectivity index (χ0n) is 12.7. The zero-order valence-corrected chi connectivity index (χ0v) is 15.8. The first-order valence-electron chi connectivity index (χ1n) is 6.86. The fraction of sp³-hybridized carbons (Fsp3) is 0.923. The van der Waals surface area contributed by atoms with Gasteiger partial charge in [0.15, 0.2) is 5.96 Å². The van der Waals surface area contributed by atoms with Crippen LogP contribution in [0.15, 0.2) is 4.99 Å². The first-order chi connectivity index (χ1) is 9.30. The van der Waals surface area contributed by atoms with E-state index in [0.717, 1.165) is 17.8 Å². The summed E-state index contributed by atoms with van der Waals surface area (Å²) in [5.74, 6) is 0.877. The lowest BCUT2D eigenvalue weighted by molar-refractivity contribution is 0.0733. The molecule has 2 N–H and O–H groups in total. The largest absolute Gasteiger partial charge is 0.382 e. The minimum atomic E-state index is 0. The van der Waals surface area contributed by atoms with Gasteiger partial charge in [-0.2, -0.15) is 11.8 Å². The third-order valence-corrected chi connectivity index (χ3v) is 4.35. The topological polar surface area (TPSA) is 54.9 Å². The summed E-state index contributed by atoms with van der Waals surface area (Å²) >= 11 is 1.97. The first kappa shape index (κ1) is 20.3. The fourth-order valence-electron chi connectivity index (χ4n) is 2.16. The lowest BCUT2D eigenvalue weighted by Crippen LogP contribution is -2.43. The fourth-order valence-corrected chi connectivity index (χ4v) is 2.96. The average Bonchev–Trinajstić information content (AvgIpc) is 2.89. The minimum Gasteiger partial charge on any atom is -0.382 e. The average molecular weight is 417 g/mol. The van der Waals surface area contributed by atoms with Crippen molar-refractivity contribution in [1.82, 2.24) is 10.6 Å². The van der Waals surface area contributed by atoms with Gasteiger partial charge in [0.25, 0.3) is 0 Å². The number of halogens is 1. The van der Waals surface area contributed by atoms with E-state index < -0.39 is 0 Å². The molecule has 2 unspecified atom stereocenters. The number of nitrogens with zero attached hydrogens (tertiary/aromatic N) is 1.